The number of carboxylic acid groups (broad SMARTS) is 1. The van der Waals surface area contributed by atoms with Crippen LogP contribution in [-0.2, 0) is 16.0 Å². The summed E-state index contributed by atoms with van der Waals surface area (Å²) in [4.78, 5) is 33.8. The Morgan fingerprint density at radius 2 is 2.15 bits per heavy atom. The highest BCUT2D eigenvalue weighted by molar-refractivity contribution is 6.32. The zero-order valence-electron chi connectivity index (χ0n) is 14.1. The fraction of sp³-hybridized carbons (Fsp3) is 0.111. The second-order valence-corrected chi connectivity index (χ2v) is 6.11. The van der Waals surface area contributed by atoms with Gasteiger partial charge >= 0.3 is 5.97 Å². The van der Waals surface area contributed by atoms with E-state index < -0.39 is 12.0 Å². The molecule has 1 amide bonds. The summed E-state index contributed by atoms with van der Waals surface area (Å²) >= 11 is 0. The Balaban J connectivity index is 1.83. The number of aromatic nitrogens is 3. The zero-order chi connectivity index (χ0) is 19.0. The van der Waals surface area contributed by atoms with Gasteiger partial charge in [-0.25, -0.2) is 10.4 Å². The summed E-state index contributed by atoms with van der Waals surface area (Å²) < 4.78 is 0. The van der Waals surface area contributed by atoms with Crippen molar-refractivity contribution in [2.24, 2.45) is 10.8 Å². The molecule has 6 N–H and O–H groups in total. The van der Waals surface area contributed by atoms with E-state index in [-0.39, 0.29) is 12.3 Å². The molecule has 1 aliphatic heterocycles. The second kappa shape index (κ2) is 6.54. The summed E-state index contributed by atoms with van der Waals surface area (Å²) in [6.45, 7) is 0. The number of para-hydroxylation sites is 1. The smallest absolute Gasteiger partial charge is 0.320 e. The molecule has 4 rings (SSSR count). The lowest BCUT2D eigenvalue weighted by Crippen LogP contribution is -2.32. The van der Waals surface area contributed by atoms with Gasteiger partial charge in [-0.15, -0.1) is 0 Å². The molecule has 0 saturated carbocycles. The largest absolute Gasteiger partial charge is 0.480 e. The van der Waals surface area contributed by atoms with Crippen LogP contribution in [-0.4, -0.2) is 43.7 Å². The summed E-state index contributed by atoms with van der Waals surface area (Å²) in [5.41, 5.74) is 11.1. The van der Waals surface area contributed by atoms with Crippen molar-refractivity contribution in [1.29, 1.82) is 0 Å². The van der Waals surface area contributed by atoms with E-state index in [1.807, 2.05) is 24.3 Å². The van der Waals surface area contributed by atoms with Gasteiger partial charge in [-0.05, 0) is 17.7 Å². The zero-order valence-corrected chi connectivity index (χ0v) is 14.1. The predicted octanol–water partition coefficient (Wildman–Crippen LogP) is 0.763. The van der Waals surface area contributed by atoms with Crippen LogP contribution in [0.2, 0.25) is 0 Å². The summed E-state index contributed by atoms with van der Waals surface area (Å²) in [6, 6.07) is 6.43. The van der Waals surface area contributed by atoms with E-state index in [0.717, 1.165) is 16.5 Å². The SMILES string of the molecule is NC(Cc1c(C=C2C(=O)NN=C2c2ncc[nH]2)[nH]c2ccccc12)C(=O)O. The summed E-state index contributed by atoms with van der Waals surface area (Å²) in [6.07, 6.45) is 4.97. The lowest BCUT2D eigenvalue weighted by molar-refractivity contribution is -0.138. The third-order valence-corrected chi connectivity index (χ3v) is 4.37. The van der Waals surface area contributed by atoms with Gasteiger partial charge in [0.05, 0.1) is 5.57 Å². The maximum Gasteiger partial charge on any atom is 0.320 e. The fourth-order valence-corrected chi connectivity index (χ4v) is 3.06. The van der Waals surface area contributed by atoms with Crippen LogP contribution in [0.5, 0.6) is 0 Å². The maximum atomic E-state index is 12.3. The number of carbonyl (C=O) groups is 2. The standard InChI is InChI=1S/C18H16N6O3/c19-12(18(26)27)7-10-9-3-1-2-4-13(9)22-14(10)8-11-15(23-24-17(11)25)16-20-5-6-21-16/h1-6,8,12,22H,7,19H2,(H,20,21)(H,24,25)(H,26,27). The van der Waals surface area contributed by atoms with Gasteiger partial charge in [-0.3, -0.25) is 9.59 Å². The molecule has 27 heavy (non-hydrogen) atoms. The van der Waals surface area contributed by atoms with Crippen molar-refractivity contribution in [2.75, 3.05) is 0 Å². The van der Waals surface area contributed by atoms with Gasteiger partial charge in [-0.1, -0.05) is 18.2 Å². The Hall–Kier alpha value is -3.72. The van der Waals surface area contributed by atoms with Crippen LogP contribution < -0.4 is 11.2 Å². The van der Waals surface area contributed by atoms with Gasteiger partial charge in [0.1, 0.15) is 11.8 Å². The number of benzene rings is 1. The van der Waals surface area contributed by atoms with E-state index in [0.29, 0.717) is 22.8 Å². The quantitative estimate of drug-likeness (QED) is 0.424. The second-order valence-electron chi connectivity index (χ2n) is 6.11. The predicted molar refractivity (Wildman–Crippen MR) is 98.9 cm³/mol. The first-order chi connectivity index (χ1) is 13.0. The third-order valence-electron chi connectivity index (χ3n) is 4.37. The van der Waals surface area contributed by atoms with E-state index in [1.165, 1.54) is 0 Å². The maximum absolute atomic E-state index is 12.3. The number of aromatic amines is 2. The van der Waals surface area contributed by atoms with Gasteiger partial charge in [0.2, 0.25) is 0 Å². The highest BCUT2D eigenvalue weighted by Crippen LogP contribution is 2.26. The lowest BCUT2D eigenvalue weighted by atomic mass is 10.0. The van der Waals surface area contributed by atoms with Crippen LogP contribution in [0.25, 0.3) is 17.0 Å². The topological polar surface area (TPSA) is 149 Å². The van der Waals surface area contributed by atoms with Crippen molar-refractivity contribution in [1.82, 2.24) is 20.4 Å². The summed E-state index contributed by atoms with van der Waals surface area (Å²) in [5, 5.41) is 14.1. The number of aliphatic carboxylic acids is 1. The molecule has 0 aliphatic carbocycles. The minimum Gasteiger partial charge on any atom is -0.480 e. The number of imidazole rings is 1. The molecule has 1 aliphatic rings. The van der Waals surface area contributed by atoms with Gasteiger partial charge in [0, 0.05) is 35.4 Å². The van der Waals surface area contributed by atoms with Gasteiger partial charge in [0.15, 0.2) is 5.82 Å². The van der Waals surface area contributed by atoms with Gasteiger partial charge in [-0.2, -0.15) is 5.10 Å². The molecule has 0 spiro atoms. The van der Waals surface area contributed by atoms with Crippen LogP contribution in [0.3, 0.4) is 0 Å². The molecular formula is C18H16N6O3. The van der Waals surface area contributed by atoms with E-state index in [9.17, 15) is 14.7 Å². The van der Waals surface area contributed by atoms with Crippen LogP contribution >= 0.6 is 0 Å². The summed E-state index contributed by atoms with van der Waals surface area (Å²) in [5.74, 6) is -0.997. The lowest BCUT2D eigenvalue weighted by Gasteiger charge is -2.07. The number of nitrogens with one attached hydrogen (secondary N) is 3. The van der Waals surface area contributed by atoms with Crippen molar-refractivity contribution in [2.45, 2.75) is 12.5 Å². The van der Waals surface area contributed by atoms with Crippen molar-refractivity contribution in [3.63, 3.8) is 0 Å². The van der Waals surface area contributed by atoms with E-state index in [1.54, 1.807) is 18.5 Å². The molecular weight excluding hydrogens is 348 g/mol. The number of carbonyl (C=O) groups excluding carboxylic acids is 1. The fourth-order valence-electron chi connectivity index (χ4n) is 3.06. The molecule has 2 aromatic heterocycles. The first-order valence-corrected chi connectivity index (χ1v) is 8.22. The number of rotatable bonds is 5. The average molecular weight is 364 g/mol. The number of carboxylic acids is 1. The van der Waals surface area contributed by atoms with Crippen LogP contribution in [0.15, 0.2) is 47.3 Å². The number of amides is 1. The molecule has 0 fully saturated rings. The average Bonchev–Trinajstić information content (AvgIpc) is 3.36. The van der Waals surface area contributed by atoms with Crippen LogP contribution in [0, 0.1) is 0 Å². The Labute approximate surface area is 153 Å². The Morgan fingerprint density at radius 1 is 1.33 bits per heavy atom. The molecule has 136 valence electrons. The normalized spacial score (nSPS) is 16.6. The first kappa shape index (κ1) is 16.7. The van der Waals surface area contributed by atoms with Crippen LogP contribution in [0.1, 0.15) is 17.1 Å². The number of fused-ring (bicyclic) bond motifs is 1. The van der Waals surface area contributed by atoms with Gasteiger partial charge in [0.25, 0.3) is 5.91 Å². The minimum atomic E-state index is -1.09. The first-order valence-electron chi connectivity index (χ1n) is 8.22. The molecule has 1 aromatic carbocycles. The number of hydrazone groups is 1. The molecule has 9 heteroatoms. The monoisotopic (exact) mass is 364 g/mol. The highest BCUT2D eigenvalue weighted by atomic mass is 16.4. The van der Waals surface area contributed by atoms with Gasteiger partial charge < -0.3 is 20.8 Å². The minimum absolute atomic E-state index is 0.118. The number of hydrogen-bond acceptors (Lipinski definition) is 5. The molecule has 9 nitrogen and oxygen atoms in total. The summed E-state index contributed by atoms with van der Waals surface area (Å²) in [7, 11) is 0. The van der Waals surface area contributed by atoms with Crippen molar-refractivity contribution in [3.05, 3.63) is 59.3 Å². The molecule has 0 radical (unpaired) electrons. The van der Waals surface area contributed by atoms with E-state index in [4.69, 9.17) is 5.73 Å². The van der Waals surface area contributed by atoms with Crippen molar-refractivity contribution in [3.8, 4) is 0 Å². The Bertz CT molecular complexity index is 1090. The molecule has 3 aromatic rings. The number of hydrogen-bond donors (Lipinski definition) is 5. The van der Waals surface area contributed by atoms with Crippen LogP contribution in [0.4, 0.5) is 0 Å². The Kier molecular flexibility index (Phi) is 4.05. The number of nitrogens with zero attached hydrogens (tertiary/aromatic N) is 2. The molecule has 1 unspecified atom stereocenters. The van der Waals surface area contributed by atoms with E-state index >= 15 is 0 Å². The molecule has 1 atom stereocenters. The highest BCUT2D eigenvalue weighted by Gasteiger charge is 2.27. The molecule has 3 heterocycles. The van der Waals surface area contributed by atoms with Crippen molar-refractivity contribution >= 4 is 34.6 Å². The van der Waals surface area contributed by atoms with Crippen molar-refractivity contribution < 1.29 is 14.7 Å². The molecule has 0 saturated heterocycles. The number of nitrogens with two attached hydrogens (primary N) is 1. The van der Waals surface area contributed by atoms with E-state index in [2.05, 4.69) is 25.5 Å². The molecule has 0 bridgehead atoms. The third kappa shape index (κ3) is 3.00. The Morgan fingerprint density at radius 3 is 2.89 bits per heavy atom. The number of H-pyrrole nitrogens is 2.